The number of aryl methyl sites for hydroxylation is 1. The van der Waals surface area contributed by atoms with E-state index in [2.05, 4.69) is 22.9 Å². The van der Waals surface area contributed by atoms with Crippen molar-refractivity contribution in [3.05, 3.63) is 59.7 Å². The number of anilines is 2. The van der Waals surface area contributed by atoms with E-state index in [1.54, 1.807) is 30.3 Å². The van der Waals surface area contributed by atoms with Crippen LogP contribution in [0.3, 0.4) is 0 Å². The summed E-state index contributed by atoms with van der Waals surface area (Å²) in [6.07, 6.45) is 4.69. The molecule has 0 aliphatic heterocycles. The number of thiocarbonyl (C=S) groups is 1. The second kappa shape index (κ2) is 11.2. The molecule has 0 aromatic heterocycles. The lowest BCUT2D eigenvalue weighted by Crippen LogP contribution is -2.33. The topological polar surface area (TPSA) is 70.2 Å². The summed E-state index contributed by atoms with van der Waals surface area (Å²) >= 11 is 5.18. The van der Waals surface area contributed by atoms with E-state index in [1.165, 1.54) is 0 Å². The molecule has 2 amide bonds. The van der Waals surface area contributed by atoms with Gasteiger partial charge in [-0.05, 0) is 61.5 Å². The smallest absolute Gasteiger partial charge is 0.255 e. The molecular formula is C22H27N3O2S. The quantitative estimate of drug-likeness (QED) is 0.432. The fraction of sp³-hybridized carbons (Fsp3) is 0.318. The van der Waals surface area contributed by atoms with Gasteiger partial charge in [0.15, 0.2) is 5.11 Å². The molecule has 5 nitrogen and oxygen atoms in total. The molecule has 2 rings (SSSR count). The normalized spacial score (nSPS) is 10.2. The molecule has 0 spiro atoms. The average Bonchev–Trinajstić information content (AvgIpc) is 2.67. The Morgan fingerprint density at radius 3 is 2.18 bits per heavy atom. The van der Waals surface area contributed by atoms with Gasteiger partial charge in [0, 0.05) is 23.4 Å². The Balaban J connectivity index is 1.82. The van der Waals surface area contributed by atoms with Gasteiger partial charge in [-0.3, -0.25) is 9.59 Å². The van der Waals surface area contributed by atoms with Gasteiger partial charge >= 0.3 is 0 Å². The van der Waals surface area contributed by atoms with E-state index >= 15 is 0 Å². The van der Waals surface area contributed by atoms with E-state index in [9.17, 15) is 9.59 Å². The molecule has 0 atom stereocenters. The van der Waals surface area contributed by atoms with Crippen molar-refractivity contribution in [3.8, 4) is 0 Å². The third-order valence-corrected chi connectivity index (χ3v) is 4.50. The molecule has 0 saturated heterocycles. The second-order valence-electron chi connectivity index (χ2n) is 6.66. The molecule has 3 N–H and O–H groups in total. The molecule has 0 aliphatic carbocycles. The Bertz CT molecular complexity index is 819. The molecule has 6 heteroatoms. The summed E-state index contributed by atoms with van der Waals surface area (Å²) in [5.41, 5.74) is 3.00. The van der Waals surface area contributed by atoms with Crippen LogP contribution in [0.25, 0.3) is 0 Å². The lowest BCUT2D eigenvalue weighted by molar-refractivity contribution is -0.119. The standard InChI is InChI=1S/C22H27N3O2S/c1-3-4-5-6-11-20(26)25-22(28)24-18-14-12-17(13-15-18)23-21(27)19-10-8-7-9-16(19)2/h7-10,12-15H,3-6,11H2,1-2H3,(H,23,27)(H2,24,25,26,28). The number of hydrogen-bond donors (Lipinski definition) is 3. The zero-order chi connectivity index (χ0) is 20.4. The van der Waals surface area contributed by atoms with Crippen molar-refractivity contribution in [1.82, 2.24) is 5.32 Å². The van der Waals surface area contributed by atoms with E-state index in [0.29, 0.717) is 17.7 Å². The highest BCUT2D eigenvalue weighted by atomic mass is 32.1. The van der Waals surface area contributed by atoms with E-state index in [-0.39, 0.29) is 16.9 Å². The molecular weight excluding hydrogens is 370 g/mol. The molecule has 0 bridgehead atoms. The third kappa shape index (κ3) is 7.12. The van der Waals surface area contributed by atoms with Crippen molar-refractivity contribution < 1.29 is 9.59 Å². The first-order valence-corrected chi connectivity index (χ1v) is 9.98. The van der Waals surface area contributed by atoms with Crippen LogP contribution < -0.4 is 16.0 Å². The summed E-state index contributed by atoms with van der Waals surface area (Å²) in [6.45, 7) is 4.04. The number of carbonyl (C=O) groups is 2. The highest BCUT2D eigenvalue weighted by molar-refractivity contribution is 7.80. The van der Waals surface area contributed by atoms with Crippen LogP contribution in [-0.4, -0.2) is 16.9 Å². The molecule has 0 radical (unpaired) electrons. The highest BCUT2D eigenvalue weighted by Gasteiger charge is 2.09. The Morgan fingerprint density at radius 1 is 0.893 bits per heavy atom. The Morgan fingerprint density at radius 2 is 1.54 bits per heavy atom. The van der Waals surface area contributed by atoms with E-state index < -0.39 is 0 Å². The molecule has 0 aliphatic rings. The number of benzene rings is 2. The van der Waals surface area contributed by atoms with Crippen LogP contribution in [0.15, 0.2) is 48.5 Å². The van der Waals surface area contributed by atoms with E-state index in [4.69, 9.17) is 12.2 Å². The van der Waals surface area contributed by atoms with Crippen molar-refractivity contribution >= 4 is 40.5 Å². The minimum Gasteiger partial charge on any atom is -0.332 e. The number of unbranched alkanes of at least 4 members (excludes halogenated alkanes) is 3. The van der Waals surface area contributed by atoms with Crippen molar-refractivity contribution in [2.45, 2.75) is 46.0 Å². The van der Waals surface area contributed by atoms with Crippen molar-refractivity contribution in [1.29, 1.82) is 0 Å². The SMILES string of the molecule is CCCCCCC(=O)NC(=S)Nc1ccc(NC(=O)c2ccccc2C)cc1. The van der Waals surface area contributed by atoms with Gasteiger partial charge in [0.1, 0.15) is 0 Å². The molecule has 0 saturated carbocycles. The van der Waals surface area contributed by atoms with Crippen LogP contribution >= 0.6 is 12.2 Å². The van der Waals surface area contributed by atoms with Crippen LogP contribution in [0, 0.1) is 6.92 Å². The van der Waals surface area contributed by atoms with Gasteiger partial charge in [-0.2, -0.15) is 0 Å². The number of amides is 2. The Hall–Kier alpha value is -2.73. The zero-order valence-corrected chi connectivity index (χ0v) is 17.2. The predicted octanol–water partition coefficient (Wildman–Crippen LogP) is 5.03. The Labute approximate surface area is 171 Å². The fourth-order valence-corrected chi connectivity index (χ4v) is 2.96. The van der Waals surface area contributed by atoms with Crippen LogP contribution in [0.4, 0.5) is 11.4 Å². The predicted molar refractivity (Wildman–Crippen MR) is 119 cm³/mol. The number of nitrogens with one attached hydrogen (secondary N) is 3. The number of rotatable bonds is 8. The van der Waals surface area contributed by atoms with Crippen LogP contribution in [0.5, 0.6) is 0 Å². The molecule has 148 valence electrons. The van der Waals surface area contributed by atoms with Gasteiger partial charge in [0.2, 0.25) is 5.91 Å². The van der Waals surface area contributed by atoms with Gasteiger partial charge in [-0.1, -0.05) is 44.4 Å². The number of hydrogen-bond acceptors (Lipinski definition) is 3. The molecule has 0 unspecified atom stereocenters. The van der Waals surface area contributed by atoms with E-state index in [1.807, 2.05) is 25.1 Å². The molecule has 0 fully saturated rings. The van der Waals surface area contributed by atoms with Gasteiger partial charge < -0.3 is 16.0 Å². The van der Waals surface area contributed by atoms with Crippen molar-refractivity contribution in [2.24, 2.45) is 0 Å². The highest BCUT2D eigenvalue weighted by Crippen LogP contribution is 2.16. The summed E-state index contributed by atoms with van der Waals surface area (Å²) in [5, 5.41) is 8.83. The maximum atomic E-state index is 12.4. The van der Waals surface area contributed by atoms with Crippen LogP contribution in [0.1, 0.15) is 54.9 Å². The first-order chi connectivity index (χ1) is 13.5. The largest absolute Gasteiger partial charge is 0.332 e. The molecule has 28 heavy (non-hydrogen) atoms. The minimum atomic E-state index is -0.148. The van der Waals surface area contributed by atoms with Crippen molar-refractivity contribution in [3.63, 3.8) is 0 Å². The maximum absolute atomic E-state index is 12.4. The first-order valence-electron chi connectivity index (χ1n) is 9.57. The number of carbonyl (C=O) groups excluding carboxylic acids is 2. The average molecular weight is 398 g/mol. The van der Waals surface area contributed by atoms with E-state index in [0.717, 1.165) is 36.9 Å². The maximum Gasteiger partial charge on any atom is 0.255 e. The van der Waals surface area contributed by atoms with Gasteiger partial charge in [0.05, 0.1) is 0 Å². The third-order valence-electron chi connectivity index (χ3n) is 4.30. The lowest BCUT2D eigenvalue weighted by Gasteiger charge is -2.11. The lowest BCUT2D eigenvalue weighted by atomic mass is 10.1. The fourth-order valence-electron chi connectivity index (χ4n) is 2.73. The van der Waals surface area contributed by atoms with Gasteiger partial charge in [-0.25, -0.2) is 0 Å². The summed E-state index contributed by atoms with van der Waals surface area (Å²) in [6, 6.07) is 14.6. The summed E-state index contributed by atoms with van der Waals surface area (Å²) in [5.74, 6) is -0.222. The second-order valence-corrected chi connectivity index (χ2v) is 7.07. The van der Waals surface area contributed by atoms with Gasteiger partial charge in [0.25, 0.3) is 5.91 Å². The summed E-state index contributed by atoms with van der Waals surface area (Å²) in [4.78, 5) is 24.2. The first kappa shape index (κ1) is 21.6. The monoisotopic (exact) mass is 397 g/mol. The molecule has 2 aromatic rings. The van der Waals surface area contributed by atoms with Crippen LogP contribution in [0.2, 0.25) is 0 Å². The molecule has 0 heterocycles. The van der Waals surface area contributed by atoms with Gasteiger partial charge in [-0.15, -0.1) is 0 Å². The summed E-state index contributed by atoms with van der Waals surface area (Å²) in [7, 11) is 0. The zero-order valence-electron chi connectivity index (χ0n) is 16.4. The molecule has 2 aromatic carbocycles. The summed E-state index contributed by atoms with van der Waals surface area (Å²) < 4.78 is 0. The minimum absolute atomic E-state index is 0.0734. The van der Waals surface area contributed by atoms with Crippen molar-refractivity contribution in [2.75, 3.05) is 10.6 Å². The van der Waals surface area contributed by atoms with Crippen LogP contribution in [-0.2, 0) is 4.79 Å². The Kier molecular flexibility index (Phi) is 8.62.